The molecule has 0 aliphatic rings. The second-order valence-electron chi connectivity index (χ2n) is 5.58. The summed E-state index contributed by atoms with van der Waals surface area (Å²) in [6, 6.07) is 6.96. The Kier molecular flexibility index (Phi) is 8.86. The topological polar surface area (TPSA) is 67.9 Å². The van der Waals surface area contributed by atoms with E-state index in [0.717, 1.165) is 17.7 Å². The number of hydrogen-bond acceptors (Lipinski definition) is 4. The zero-order chi connectivity index (χ0) is 17.9. The number of methoxy groups -OCH3 is 2. The highest BCUT2D eigenvalue weighted by Gasteiger charge is 2.25. The number of nitrogens with one attached hydrogen (secondary N) is 1. The summed E-state index contributed by atoms with van der Waals surface area (Å²) < 4.78 is 10.1. The molecule has 0 saturated carbocycles. The molecule has 1 aromatic carbocycles. The van der Waals surface area contributed by atoms with E-state index in [1.165, 1.54) is 0 Å². The molecule has 0 heterocycles. The Bertz CT molecular complexity index is 516. The Morgan fingerprint density at radius 1 is 1.21 bits per heavy atom. The smallest absolute Gasteiger partial charge is 0.242 e. The van der Waals surface area contributed by atoms with E-state index in [-0.39, 0.29) is 11.8 Å². The maximum absolute atomic E-state index is 12.4. The normalized spacial score (nSPS) is 11.7. The predicted molar refractivity (Wildman–Crippen MR) is 92.8 cm³/mol. The van der Waals surface area contributed by atoms with Crippen LogP contribution in [-0.4, -0.2) is 50.1 Å². The molecule has 0 aliphatic heterocycles. The van der Waals surface area contributed by atoms with Gasteiger partial charge < -0.3 is 19.7 Å². The molecule has 1 aromatic rings. The monoisotopic (exact) mass is 336 g/mol. The summed E-state index contributed by atoms with van der Waals surface area (Å²) in [5.41, 5.74) is 0.955. The SMILES string of the molecule is CCCC(=O)N(Cc1ccc(OC)cc1)[C@@H](C)C(=O)NCCOC. The molecule has 24 heavy (non-hydrogen) atoms. The van der Waals surface area contributed by atoms with E-state index in [0.29, 0.717) is 26.1 Å². The largest absolute Gasteiger partial charge is 0.497 e. The third kappa shape index (κ3) is 6.20. The van der Waals surface area contributed by atoms with Crippen molar-refractivity contribution in [1.29, 1.82) is 0 Å². The number of carbonyl (C=O) groups excluding carboxylic acids is 2. The van der Waals surface area contributed by atoms with Crippen LogP contribution in [0.1, 0.15) is 32.3 Å². The molecular weight excluding hydrogens is 308 g/mol. The van der Waals surface area contributed by atoms with Crippen molar-refractivity contribution in [2.24, 2.45) is 0 Å². The fourth-order valence-electron chi connectivity index (χ4n) is 2.29. The lowest BCUT2D eigenvalue weighted by atomic mass is 10.1. The van der Waals surface area contributed by atoms with Crippen molar-refractivity contribution in [3.8, 4) is 5.75 Å². The Labute approximate surface area is 144 Å². The van der Waals surface area contributed by atoms with Gasteiger partial charge in [0.1, 0.15) is 11.8 Å². The maximum Gasteiger partial charge on any atom is 0.242 e. The molecule has 0 bridgehead atoms. The number of rotatable bonds is 10. The first-order chi connectivity index (χ1) is 11.5. The van der Waals surface area contributed by atoms with Crippen LogP contribution in [0.5, 0.6) is 5.75 Å². The third-order valence-corrected chi connectivity index (χ3v) is 3.75. The first-order valence-corrected chi connectivity index (χ1v) is 8.22. The van der Waals surface area contributed by atoms with Gasteiger partial charge >= 0.3 is 0 Å². The number of nitrogens with zero attached hydrogens (tertiary/aromatic N) is 1. The molecule has 134 valence electrons. The lowest BCUT2D eigenvalue weighted by Gasteiger charge is -2.28. The number of benzene rings is 1. The van der Waals surface area contributed by atoms with E-state index in [2.05, 4.69) is 5.32 Å². The fraction of sp³-hybridized carbons (Fsp3) is 0.556. The first kappa shape index (κ1) is 20.0. The summed E-state index contributed by atoms with van der Waals surface area (Å²) in [7, 11) is 3.19. The molecule has 1 N–H and O–H groups in total. The van der Waals surface area contributed by atoms with Crippen molar-refractivity contribution in [3.63, 3.8) is 0 Å². The molecule has 6 nitrogen and oxygen atoms in total. The highest BCUT2D eigenvalue weighted by atomic mass is 16.5. The summed E-state index contributed by atoms with van der Waals surface area (Å²) >= 11 is 0. The summed E-state index contributed by atoms with van der Waals surface area (Å²) in [6.07, 6.45) is 1.17. The van der Waals surface area contributed by atoms with Gasteiger partial charge in [-0.2, -0.15) is 0 Å². The van der Waals surface area contributed by atoms with Crippen LogP contribution in [-0.2, 0) is 20.9 Å². The summed E-state index contributed by atoms with van der Waals surface area (Å²) in [5, 5.41) is 2.79. The minimum Gasteiger partial charge on any atom is -0.497 e. The number of ether oxygens (including phenoxy) is 2. The molecule has 0 aromatic heterocycles. The molecule has 1 atom stereocenters. The highest BCUT2D eigenvalue weighted by molar-refractivity contribution is 5.87. The average molecular weight is 336 g/mol. The minimum atomic E-state index is -0.539. The van der Waals surface area contributed by atoms with Gasteiger partial charge in [0, 0.05) is 26.6 Å². The zero-order valence-corrected chi connectivity index (χ0v) is 15.0. The van der Waals surface area contributed by atoms with Crippen LogP contribution >= 0.6 is 0 Å². The van der Waals surface area contributed by atoms with Crippen LogP contribution in [0.4, 0.5) is 0 Å². The van der Waals surface area contributed by atoms with E-state index in [4.69, 9.17) is 9.47 Å². The van der Waals surface area contributed by atoms with Crippen LogP contribution in [0, 0.1) is 0 Å². The van der Waals surface area contributed by atoms with Gasteiger partial charge in [0.25, 0.3) is 0 Å². The van der Waals surface area contributed by atoms with Crippen molar-refractivity contribution in [2.45, 2.75) is 39.3 Å². The van der Waals surface area contributed by atoms with Gasteiger partial charge in [-0.15, -0.1) is 0 Å². The molecule has 0 spiro atoms. The Hall–Kier alpha value is -2.08. The van der Waals surface area contributed by atoms with Crippen molar-refractivity contribution in [3.05, 3.63) is 29.8 Å². The molecule has 2 amide bonds. The van der Waals surface area contributed by atoms with Crippen LogP contribution < -0.4 is 10.1 Å². The van der Waals surface area contributed by atoms with Gasteiger partial charge in [0.15, 0.2) is 0 Å². The van der Waals surface area contributed by atoms with E-state index < -0.39 is 6.04 Å². The lowest BCUT2D eigenvalue weighted by Crippen LogP contribution is -2.48. The van der Waals surface area contributed by atoms with Gasteiger partial charge in [0.2, 0.25) is 11.8 Å². The predicted octanol–water partition coefficient (Wildman–Crippen LogP) is 1.97. The molecule has 0 aliphatic carbocycles. The Balaban J connectivity index is 2.81. The summed E-state index contributed by atoms with van der Waals surface area (Å²) in [4.78, 5) is 26.3. The van der Waals surface area contributed by atoms with E-state index >= 15 is 0 Å². The van der Waals surface area contributed by atoms with Crippen LogP contribution in [0.2, 0.25) is 0 Å². The molecule has 0 unspecified atom stereocenters. The lowest BCUT2D eigenvalue weighted by molar-refractivity contribution is -0.140. The Morgan fingerprint density at radius 2 is 1.88 bits per heavy atom. The van der Waals surface area contributed by atoms with Crippen molar-refractivity contribution in [1.82, 2.24) is 10.2 Å². The third-order valence-electron chi connectivity index (χ3n) is 3.75. The number of amides is 2. The van der Waals surface area contributed by atoms with Gasteiger partial charge in [-0.3, -0.25) is 9.59 Å². The van der Waals surface area contributed by atoms with E-state index in [9.17, 15) is 9.59 Å². The quantitative estimate of drug-likeness (QED) is 0.663. The number of carbonyl (C=O) groups is 2. The van der Waals surface area contributed by atoms with Gasteiger partial charge in [0.05, 0.1) is 13.7 Å². The standard InChI is InChI=1S/C18H28N2O4/c1-5-6-17(21)20(14(2)18(22)19-11-12-23-3)13-15-7-9-16(24-4)10-8-15/h7-10,14H,5-6,11-13H2,1-4H3,(H,19,22)/t14-/m0/s1. The summed E-state index contributed by atoms with van der Waals surface area (Å²) in [5.74, 6) is 0.559. The molecular formula is C18H28N2O4. The Morgan fingerprint density at radius 3 is 2.42 bits per heavy atom. The molecule has 6 heteroatoms. The van der Waals surface area contributed by atoms with Crippen molar-refractivity contribution >= 4 is 11.8 Å². The second-order valence-corrected chi connectivity index (χ2v) is 5.58. The minimum absolute atomic E-state index is 0.0253. The van der Waals surface area contributed by atoms with Crippen molar-refractivity contribution < 1.29 is 19.1 Å². The fourth-order valence-corrected chi connectivity index (χ4v) is 2.29. The average Bonchev–Trinajstić information content (AvgIpc) is 2.59. The summed E-state index contributed by atoms with van der Waals surface area (Å²) in [6.45, 7) is 4.96. The highest BCUT2D eigenvalue weighted by Crippen LogP contribution is 2.15. The molecule has 0 radical (unpaired) electrons. The van der Waals surface area contributed by atoms with E-state index in [1.54, 1.807) is 26.0 Å². The van der Waals surface area contributed by atoms with Gasteiger partial charge in [-0.05, 0) is 31.0 Å². The van der Waals surface area contributed by atoms with Gasteiger partial charge in [-0.25, -0.2) is 0 Å². The van der Waals surface area contributed by atoms with Gasteiger partial charge in [-0.1, -0.05) is 19.1 Å². The molecule has 1 rings (SSSR count). The van der Waals surface area contributed by atoms with Crippen LogP contribution in [0.3, 0.4) is 0 Å². The van der Waals surface area contributed by atoms with Crippen LogP contribution in [0.25, 0.3) is 0 Å². The number of hydrogen-bond donors (Lipinski definition) is 1. The van der Waals surface area contributed by atoms with E-state index in [1.807, 2.05) is 31.2 Å². The van der Waals surface area contributed by atoms with Crippen molar-refractivity contribution in [2.75, 3.05) is 27.4 Å². The molecule has 0 saturated heterocycles. The zero-order valence-electron chi connectivity index (χ0n) is 15.0. The maximum atomic E-state index is 12.4. The first-order valence-electron chi connectivity index (χ1n) is 8.22. The molecule has 0 fully saturated rings. The van der Waals surface area contributed by atoms with Crippen LogP contribution in [0.15, 0.2) is 24.3 Å². The second kappa shape index (κ2) is 10.6.